The highest BCUT2D eigenvalue weighted by Gasteiger charge is 2.15. The topological polar surface area (TPSA) is 16.1 Å². The van der Waals surface area contributed by atoms with E-state index in [-0.39, 0.29) is 0 Å². The maximum absolute atomic E-state index is 5.96. The average molecular weight is 241 g/mol. The van der Waals surface area contributed by atoms with Crippen LogP contribution in [0.2, 0.25) is 0 Å². The predicted octanol–water partition coefficient (Wildman–Crippen LogP) is 3.69. The van der Waals surface area contributed by atoms with Crippen LogP contribution < -0.4 is 4.90 Å². The molecule has 0 aliphatic carbocycles. The molecule has 2 nitrogen and oxygen atoms in total. The first-order chi connectivity index (χ1) is 7.56. The Morgan fingerprint density at radius 3 is 2.50 bits per heavy atom. The molecule has 16 heavy (non-hydrogen) atoms. The van der Waals surface area contributed by atoms with Gasteiger partial charge in [-0.25, -0.2) is 0 Å². The van der Waals surface area contributed by atoms with Gasteiger partial charge in [-0.2, -0.15) is 0 Å². The van der Waals surface area contributed by atoms with Crippen LogP contribution in [0.15, 0.2) is 18.5 Å². The van der Waals surface area contributed by atoms with Crippen LogP contribution in [-0.4, -0.2) is 17.6 Å². The molecule has 0 bridgehead atoms. The molecule has 1 heterocycles. The van der Waals surface area contributed by atoms with E-state index in [1.54, 1.807) is 6.20 Å². The second-order valence-corrected chi connectivity index (χ2v) is 5.05. The first-order valence-electron chi connectivity index (χ1n) is 5.81. The van der Waals surface area contributed by atoms with Crippen molar-refractivity contribution in [2.24, 2.45) is 5.92 Å². The van der Waals surface area contributed by atoms with Crippen LogP contribution in [0.25, 0.3) is 0 Å². The van der Waals surface area contributed by atoms with Crippen LogP contribution in [0.4, 0.5) is 5.69 Å². The second-order valence-electron chi connectivity index (χ2n) is 4.78. The Hall–Kier alpha value is -0.760. The minimum atomic E-state index is 0.466. The molecular formula is C13H21ClN2. The van der Waals surface area contributed by atoms with Gasteiger partial charge in [0.15, 0.2) is 0 Å². The zero-order valence-electron chi connectivity index (χ0n) is 10.6. The van der Waals surface area contributed by atoms with Crippen LogP contribution >= 0.6 is 11.6 Å². The van der Waals surface area contributed by atoms with Crippen LogP contribution in [0.1, 0.15) is 33.3 Å². The summed E-state index contributed by atoms with van der Waals surface area (Å²) in [4.78, 5) is 6.57. The fourth-order valence-corrected chi connectivity index (χ4v) is 1.99. The highest BCUT2D eigenvalue weighted by molar-refractivity contribution is 6.17. The number of anilines is 1. The summed E-state index contributed by atoms with van der Waals surface area (Å²) < 4.78 is 0. The lowest BCUT2D eigenvalue weighted by atomic mass is 10.1. The number of rotatable bonds is 5. The molecule has 0 unspecified atom stereocenters. The summed E-state index contributed by atoms with van der Waals surface area (Å²) in [6.45, 7) is 9.90. The molecule has 1 rings (SSSR count). The van der Waals surface area contributed by atoms with Gasteiger partial charge in [0.05, 0.1) is 11.9 Å². The SMILES string of the molecule is CC(C)CN(c1cnccc1CCl)C(C)C. The average Bonchev–Trinajstić information content (AvgIpc) is 2.25. The lowest BCUT2D eigenvalue weighted by molar-refractivity contribution is 0.569. The molecule has 0 aliphatic heterocycles. The third kappa shape index (κ3) is 3.38. The number of aromatic nitrogens is 1. The molecule has 0 aliphatic rings. The third-order valence-electron chi connectivity index (χ3n) is 2.53. The Labute approximate surface area is 104 Å². The van der Waals surface area contributed by atoms with Crippen LogP contribution in [0.5, 0.6) is 0 Å². The second kappa shape index (κ2) is 6.09. The number of nitrogens with zero attached hydrogens (tertiary/aromatic N) is 2. The third-order valence-corrected chi connectivity index (χ3v) is 2.81. The summed E-state index contributed by atoms with van der Waals surface area (Å²) >= 11 is 5.96. The zero-order valence-corrected chi connectivity index (χ0v) is 11.3. The van der Waals surface area contributed by atoms with E-state index in [4.69, 9.17) is 11.6 Å². The standard InChI is InChI=1S/C13H21ClN2/c1-10(2)9-16(11(3)4)13-8-15-6-5-12(13)7-14/h5-6,8,10-11H,7,9H2,1-4H3. The molecular weight excluding hydrogens is 220 g/mol. The van der Waals surface area contributed by atoms with Crippen molar-refractivity contribution in [1.82, 2.24) is 4.98 Å². The van der Waals surface area contributed by atoms with E-state index < -0.39 is 0 Å². The van der Waals surface area contributed by atoms with Crippen molar-refractivity contribution in [2.45, 2.75) is 39.6 Å². The minimum absolute atomic E-state index is 0.466. The first-order valence-corrected chi connectivity index (χ1v) is 6.35. The summed E-state index contributed by atoms with van der Waals surface area (Å²) in [5.74, 6) is 1.17. The Morgan fingerprint density at radius 2 is 2.00 bits per heavy atom. The highest BCUT2D eigenvalue weighted by Crippen LogP contribution is 2.23. The summed E-state index contributed by atoms with van der Waals surface area (Å²) in [5.41, 5.74) is 2.33. The van der Waals surface area contributed by atoms with Crippen molar-refractivity contribution in [3.8, 4) is 0 Å². The van der Waals surface area contributed by atoms with Crippen molar-refractivity contribution in [2.75, 3.05) is 11.4 Å². The van der Waals surface area contributed by atoms with E-state index in [1.807, 2.05) is 12.3 Å². The van der Waals surface area contributed by atoms with Gasteiger partial charge in [0.1, 0.15) is 0 Å². The number of pyridine rings is 1. The molecule has 0 aromatic carbocycles. The van der Waals surface area contributed by atoms with Crippen LogP contribution in [0, 0.1) is 5.92 Å². The largest absolute Gasteiger partial charge is 0.367 e. The molecule has 1 aromatic rings. The number of alkyl halides is 1. The molecule has 1 aromatic heterocycles. The van der Waals surface area contributed by atoms with Crippen LogP contribution in [-0.2, 0) is 5.88 Å². The molecule has 3 heteroatoms. The molecule has 0 amide bonds. The number of hydrogen-bond donors (Lipinski definition) is 0. The smallest absolute Gasteiger partial charge is 0.0599 e. The summed E-state index contributed by atoms with van der Waals surface area (Å²) in [6.07, 6.45) is 3.72. The van der Waals surface area contributed by atoms with Crippen molar-refractivity contribution >= 4 is 17.3 Å². The summed E-state index contributed by atoms with van der Waals surface area (Å²) in [7, 11) is 0. The van der Waals surface area contributed by atoms with E-state index in [1.165, 1.54) is 5.69 Å². The molecule has 0 N–H and O–H groups in total. The lowest BCUT2D eigenvalue weighted by Gasteiger charge is -2.31. The normalized spacial score (nSPS) is 11.2. The van der Waals surface area contributed by atoms with E-state index in [2.05, 4.69) is 37.6 Å². The quantitative estimate of drug-likeness (QED) is 0.730. The first kappa shape index (κ1) is 13.3. The summed E-state index contributed by atoms with van der Waals surface area (Å²) in [5, 5.41) is 0. The minimum Gasteiger partial charge on any atom is -0.367 e. The fourth-order valence-electron chi connectivity index (χ4n) is 1.77. The van der Waals surface area contributed by atoms with Crippen LogP contribution in [0.3, 0.4) is 0 Å². The molecule has 0 atom stereocenters. The van der Waals surface area contributed by atoms with Gasteiger partial charge >= 0.3 is 0 Å². The van der Waals surface area contributed by atoms with Crippen molar-refractivity contribution < 1.29 is 0 Å². The lowest BCUT2D eigenvalue weighted by Crippen LogP contribution is -2.34. The van der Waals surface area contributed by atoms with Gasteiger partial charge in [0, 0.05) is 24.7 Å². The Morgan fingerprint density at radius 1 is 1.31 bits per heavy atom. The fraction of sp³-hybridized carbons (Fsp3) is 0.615. The molecule has 0 fully saturated rings. The Bertz CT molecular complexity index is 323. The number of hydrogen-bond acceptors (Lipinski definition) is 2. The molecule has 0 spiro atoms. The van der Waals surface area contributed by atoms with E-state index in [0.717, 1.165) is 12.1 Å². The van der Waals surface area contributed by atoms with E-state index >= 15 is 0 Å². The Kier molecular flexibility index (Phi) is 5.07. The van der Waals surface area contributed by atoms with E-state index in [9.17, 15) is 0 Å². The highest BCUT2D eigenvalue weighted by atomic mass is 35.5. The molecule has 0 radical (unpaired) electrons. The predicted molar refractivity (Wildman–Crippen MR) is 71.1 cm³/mol. The van der Waals surface area contributed by atoms with Gasteiger partial charge < -0.3 is 4.90 Å². The van der Waals surface area contributed by atoms with Gasteiger partial charge in [-0.15, -0.1) is 11.6 Å². The van der Waals surface area contributed by atoms with Crippen molar-refractivity contribution in [3.63, 3.8) is 0 Å². The summed E-state index contributed by atoms with van der Waals surface area (Å²) in [6, 6.07) is 2.46. The number of halogens is 1. The van der Waals surface area contributed by atoms with Gasteiger partial charge in [-0.3, -0.25) is 4.98 Å². The monoisotopic (exact) mass is 240 g/mol. The maximum atomic E-state index is 5.96. The van der Waals surface area contributed by atoms with Gasteiger partial charge in [0.25, 0.3) is 0 Å². The zero-order chi connectivity index (χ0) is 12.1. The van der Waals surface area contributed by atoms with Gasteiger partial charge in [-0.05, 0) is 31.4 Å². The molecule has 0 saturated heterocycles. The van der Waals surface area contributed by atoms with Gasteiger partial charge in [0.2, 0.25) is 0 Å². The van der Waals surface area contributed by atoms with Crippen molar-refractivity contribution in [3.05, 3.63) is 24.0 Å². The van der Waals surface area contributed by atoms with E-state index in [0.29, 0.717) is 17.8 Å². The van der Waals surface area contributed by atoms with Gasteiger partial charge in [-0.1, -0.05) is 13.8 Å². The molecule has 90 valence electrons. The maximum Gasteiger partial charge on any atom is 0.0599 e. The Balaban J connectivity index is 3.00. The van der Waals surface area contributed by atoms with Crippen molar-refractivity contribution in [1.29, 1.82) is 0 Å². The molecule has 0 saturated carbocycles.